The van der Waals surface area contributed by atoms with Gasteiger partial charge in [0.2, 0.25) is 0 Å². The molecule has 1 saturated heterocycles. The summed E-state index contributed by atoms with van der Waals surface area (Å²) >= 11 is 0. The van der Waals surface area contributed by atoms with Gasteiger partial charge >= 0.3 is 6.18 Å². The number of halogens is 3. The first-order chi connectivity index (χ1) is 10.2. The molecule has 22 heavy (non-hydrogen) atoms. The Morgan fingerprint density at radius 1 is 1.27 bits per heavy atom. The van der Waals surface area contributed by atoms with E-state index < -0.39 is 42.3 Å². The second-order valence-electron chi connectivity index (χ2n) is 5.23. The molecule has 2 heterocycles. The third kappa shape index (κ3) is 3.47. The standard InChI is InChI=1S/C13H18F3N3O3/c1-3-7-10(12(21)11(20)6(2)22-7)19-9-5-17-4-8(18-9)13(14,15)16/h4-7,10-12,20-21H,3H2,1-2H3,(H,18,19)/t6-,7?,10+,11+,12-/m1/s1. The summed E-state index contributed by atoms with van der Waals surface area (Å²) in [5, 5.41) is 22.7. The minimum atomic E-state index is -4.61. The van der Waals surface area contributed by atoms with Crippen molar-refractivity contribution in [2.45, 2.75) is 56.9 Å². The molecule has 0 amide bonds. The van der Waals surface area contributed by atoms with Gasteiger partial charge in [0.25, 0.3) is 0 Å². The number of rotatable bonds is 3. The van der Waals surface area contributed by atoms with Crippen molar-refractivity contribution in [1.29, 1.82) is 0 Å². The SMILES string of the molecule is CCC1O[C@H](C)[C@H](O)[C@H](O)[C@H]1Nc1cncc(C(F)(F)F)n1. The van der Waals surface area contributed by atoms with E-state index in [1.807, 2.05) is 6.92 Å². The van der Waals surface area contributed by atoms with Crippen LogP contribution < -0.4 is 5.32 Å². The highest BCUT2D eigenvalue weighted by Crippen LogP contribution is 2.29. The molecule has 3 N–H and O–H groups in total. The summed E-state index contributed by atoms with van der Waals surface area (Å²) in [6, 6.07) is -0.783. The molecule has 1 aromatic heterocycles. The minimum Gasteiger partial charge on any atom is -0.388 e. The van der Waals surface area contributed by atoms with Gasteiger partial charge < -0.3 is 20.3 Å². The first-order valence-corrected chi connectivity index (χ1v) is 6.91. The highest BCUT2D eigenvalue weighted by molar-refractivity contribution is 5.35. The van der Waals surface area contributed by atoms with Crippen molar-refractivity contribution >= 4 is 5.82 Å². The molecule has 9 heteroatoms. The van der Waals surface area contributed by atoms with Gasteiger partial charge in [0, 0.05) is 0 Å². The highest BCUT2D eigenvalue weighted by atomic mass is 19.4. The van der Waals surface area contributed by atoms with Gasteiger partial charge in [0.05, 0.1) is 30.6 Å². The number of nitrogens with one attached hydrogen (secondary N) is 1. The quantitative estimate of drug-likeness (QED) is 0.775. The van der Waals surface area contributed by atoms with Crippen LogP contribution in [0.15, 0.2) is 12.4 Å². The van der Waals surface area contributed by atoms with E-state index in [1.165, 1.54) is 0 Å². The Kier molecular flexibility index (Phi) is 4.88. The molecule has 1 aromatic rings. The lowest BCUT2D eigenvalue weighted by Crippen LogP contribution is -2.59. The lowest BCUT2D eigenvalue weighted by atomic mass is 9.92. The molecule has 1 aliphatic rings. The van der Waals surface area contributed by atoms with Crippen molar-refractivity contribution in [3.63, 3.8) is 0 Å². The van der Waals surface area contributed by atoms with Gasteiger partial charge in [0.15, 0.2) is 5.69 Å². The monoisotopic (exact) mass is 321 g/mol. The molecule has 0 radical (unpaired) electrons. The zero-order valence-corrected chi connectivity index (χ0v) is 12.1. The number of hydrogen-bond donors (Lipinski definition) is 3. The molecule has 0 aliphatic carbocycles. The van der Waals surface area contributed by atoms with E-state index in [4.69, 9.17) is 4.74 Å². The Morgan fingerprint density at radius 2 is 1.95 bits per heavy atom. The molecule has 0 saturated carbocycles. The third-order valence-electron chi connectivity index (χ3n) is 3.63. The van der Waals surface area contributed by atoms with Gasteiger partial charge in [-0.3, -0.25) is 4.98 Å². The summed E-state index contributed by atoms with van der Waals surface area (Å²) < 4.78 is 43.5. The van der Waals surface area contributed by atoms with Crippen LogP contribution in [0.2, 0.25) is 0 Å². The zero-order chi connectivity index (χ0) is 16.5. The third-order valence-corrected chi connectivity index (χ3v) is 3.63. The zero-order valence-electron chi connectivity index (χ0n) is 12.1. The maximum absolute atomic E-state index is 12.6. The Hall–Kier alpha value is -1.45. The fourth-order valence-corrected chi connectivity index (χ4v) is 2.42. The van der Waals surface area contributed by atoms with Crippen molar-refractivity contribution in [2.75, 3.05) is 5.32 Å². The van der Waals surface area contributed by atoms with Crippen LogP contribution in [0.25, 0.3) is 0 Å². The van der Waals surface area contributed by atoms with Gasteiger partial charge in [0.1, 0.15) is 18.0 Å². The summed E-state index contributed by atoms with van der Waals surface area (Å²) in [5.41, 5.74) is -1.13. The Bertz CT molecular complexity index is 513. The van der Waals surface area contributed by atoms with Crippen LogP contribution in [-0.4, -0.2) is 50.6 Å². The van der Waals surface area contributed by atoms with E-state index in [0.29, 0.717) is 12.6 Å². The molecule has 0 aromatic carbocycles. The fraction of sp³-hybridized carbons (Fsp3) is 0.692. The average Bonchev–Trinajstić information content (AvgIpc) is 2.47. The van der Waals surface area contributed by atoms with Crippen LogP contribution in [-0.2, 0) is 10.9 Å². The number of ether oxygens (including phenoxy) is 1. The summed E-state index contributed by atoms with van der Waals surface area (Å²) in [4.78, 5) is 6.93. The molecule has 1 unspecified atom stereocenters. The molecular formula is C13H18F3N3O3. The van der Waals surface area contributed by atoms with Gasteiger partial charge in [-0.25, -0.2) is 4.98 Å². The first-order valence-electron chi connectivity index (χ1n) is 6.91. The number of aromatic nitrogens is 2. The van der Waals surface area contributed by atoms with Crippen molar-refractivity contribution in [3.05, 3.63) is 18.1 Å². The van der Waals surface area contributed by atoms with Crippen LogP contribution in [0, 0.1) is 0 Å². The van der Waals surface area contributed by atoms with Crippen molar-refractivity contribution in [1.82, 2.24) is 9.97 Å². The Balaban J connectivity index is 2.21. The molecule has 2 rings (SSSR count). The van der Waals surface area contributed by atoms with E-state index in [9.17, 15) is 23.4 Å². The Morgan fingerprint density at radius 3 is 2.55 bits per heavy atom. The largest absolute Gasteiger partial charge is 0.434 e. The van der Waals surface area contributed by atoms with Gasteiger partial charge in [-0.2, -0.15) is 13.2 Å². The minimum absolute atomic E-state index is 0.136. The second-order valence-corrected chi connectivity index (χ2v) is 5.23. The number of alkyl halides is 3. The van der Waals surface area contributed by atoms with Crippen LogP contribution in [0.3, 0.4) is 0 Å². The lowest BCUT2D eigenvalue weighted by molar-refractivity contribution is -0.168. The van der Waals surface area contributed by atoms with Crippen molar-refractivity contribution in [2.24, 2.45) is 0 Å². The summed E-state index contributed by atoms with van der Waals surface area (Å²) in [6.07, 6.45) is -5.71. The number of nitrogens with zero attached hydrogens (tertiary/aromatic N) is 2. The summed E-state index contributed by atoms with van der Waals surface area (Å²) in [5.74, 6) is -0.136. The van der Waals surface area contributed by atoms with E-state index in [1.54, 1.807) is 6.92 Å². The number of hydrogen-bond acceptors (Lipinski definition) is 6. The average molecular weight is 321 g/mol. The highest BCUT2D eigenvalue weighted by Gasteiger charge is 2.42. The van der Waals surface area contributed by atoms with E-state index in [2.05, 4.69) is 15.3 Å². The molecule has 0 spiro atoms. The second kappa shape index (κ2) is 6.35. The van der Waals surface area contributed by atoms with Gasteiger partial charge in [-0.1, -0.05) is 6.92 Å². The molecule has 1 aliphatic heterocycles. The molecule has 0 bridgehead atoms. The number of anilines is 1. The van der Waals surface area contributed by atoms with Crippen LogP contribution >= 0.6 is 0 Å². The molecule has 6 nitrogen and oxygen atoms in total. The first kappa shape index (κ1) is 16.9. The van der Waals surface area contributed by atoms with Gasteiger partial charge in [-0.15, -0.1) is 0 Å². The smallest absolute Gasteiger partial charge is 0.388 e. The van der Waals surface area contributed by atoms with E-state index >= 15 is 0 Å². The van der Waals surface area contributed by atoms with Crippen molar-refractivity contribution < 1.29 is 28.1 Å². The lowest BCUT2D eigenvalue weighted by Gasteiger charge is -2.42. The summed E-state index contributed by atoms with van der Waals surface area (Å²) in [6.45, 7) is 3.44. The number of aliphatic hydroxyl groups excluding tert-OH is 2. The van der Waals surface area contributed by atoms with Gasteiger partial charge in [-0.05, 0) is 13.3 Å². The predicted molar refractivity (Wildman–Crippen MR) is 71.1 cm³/mol. The molecule has 1 fully saturated rings. The fourth-order valence-electron chi connectivity index (χ4n) is 2.42. The van der Waals surface area contributed by atoms with Crippen molar-refractivity contribution in [3.8, 4) is 0 Å². The maximum atomic E-state index is 12.6. The van der Waals surface area contributed by atoms with E-state index in [0.717, 1.165) is 6.20 Å². The van der Waals surface area contributed by atoms with Crippen LogP contribution in [0.5, 0.6) is 0 Å². The van der Waals surface area contributed by atoms with Crippen LogP contribution in [0.1, 0.15) is 26.0 Å². The van der Waals surface area contributed by atoms with E-state index in [-0.39, 0.29) is 5.82 Å². The number of aliphatic hydroxyl groups is 2. The Labute approximate surface area is 125 Å². The molecule has 124 valence electrons. The summed E-state index contributed by atoms with van der Waals surface area (Å²) in [7, 11) is 0. The molecule has 5 atom stereocenters. The topological polar surface area (TPSA) is 87.5 Å². The normalized spacial score (nSPS) is 32.8. The predicted octanol–water partition coefficient (Wildman–Crippen LogP) is 1.19. The molecular weight excluding hydrogens is 303 g/mol. The maximum Gasteiger partial charge on any atom is 0.434 e. The van der Waals surface area contributed by atoms with Crippen LogP contribution in [0.4, 0.5) is 19.0 Å².